The molecule has 0 unspecified atom stereocenters. The van der Waals surface area contributed by atoms with Crippen LogP contribution in [0, 0.1) is 0 Å². The van der Waals surface area contributed by atoms with Gasteiger partial charge in [-0.1, -0.05) is 12.1 Å². The van der Waals surface area contributed by atoms with E-state index in [0.29, 0.717) is 13.2 Å². The summed E-state index contributed by atoms with van der Waals surface area (Å²) in [7, 11) is 0. The normalized spacial score (nSPS) is 10.9. The predicted octanol–water partition coefficient (Wildman–Crippen LogP) is 4.79. The highest BCUT2D eigenvalue weighted by molar-refractivity contribution is 5.99. The summed E-state index contributed by atoms with van der Waals surface area (Å²) in [6.07, 6.45) is 0. The molecular weight excluding hydrogens is 248 g/mol. The van der Waals surface area contributed by atoms with Crippen LogP contribution in [0.4, 0.5) is 0 Å². The molecule has 2 nitrogen and oxygen atoms in total. The Kier molecular flexibility index (Phi) is 3.46. The first-order valence-corrected chi connectivity index (χ1v) is 7.03. The lowest BCUT2D eigenvalue weighted by Crippen LogP contribution is -1.91. The standard InChI is InChI=1S/C18H18O2/c1-3-19-17-7-5-13-10-16-12-18(20-4-2)8-6-14(16)9-15(13)11-17/h5-12H,3-4H2,1-2H3. The molecule has 2 heteroatoms. The summed E-state index contributed by atoms with van der Waals surface area (Å²) >= 11 is 0. The van der Waals surface area contributed by atoms with Crippen LogP contribution in [-0.2, 0) is 0 Å². The number of fused-ring (bicyclic) bond motifs is 2. The Morgan fingerprint density at radius 1 is 0.600 bits per heavy atom. The summed E-state index contributed by atoms with van der Waals surface area (Å²) in [6, 6.07) is 16.8. The van der Waals surface area contributed by atoms with Gasteiger partial charge in [-0.05, 0) is 71.8 Å². The summed E-state index contributed by atoms with van der Waals surface area (Å²) in [5, 5.41) is 4.84. The van der Waals surface area contributed by atoms with Crippen LogP contribution in [0.1, 0.15) is 13.8 Å². The second kappa shape index (κ2) is 5.41. The first kappa shape index (κ1) is 12.8. The topological polar surface area (TPSA) is 18.5 Å². The molecule has 0 heterocycles. The minimum Gasteiger partial charge on any atom is -0.494 e. The molecule has 0 aliphatic heterocycles. The highest BCUT2D eigenvalue weighted by Gasteiger charge is 2.02. The summed E-state index contributed by atoms with van der Waals surface area (Å²) in [6.45, 7) is 5.38. The van der Waals surface area contributed by atoms with Gasteiger partial charge in [0, 0.05) is 0 Å². The molecule has 0 bridgehead atoms. The number of ether oxygens (including phenoxy) is 2. The average molecular weight is 266 g/mol. The molecule has 0 aliphatic carbocycles. The van der Waals surface area contributed by atoms with Crippen molar-refractivity contribution in [2.24, 2.45) is 0 Å². The van der Waals surface area contributed by atoms with Crippen LogP contribution < -0.4 is 9.47 Å². The van der Waals surface area contributed by atoms with Gasteiger partial charge in [-0.25, -0.2) is 0 Å². The monoisotopic (exact) mass is 266 g/mol. The smallest absolute Gasteiger partial charge is 0.119 e. The van der Waals surface area contributed by atoms with Crippen molar-refractivity contribution in [2.75, 3.05) is 13.2 Å². The predicted molar refractivity (Wildman–Crippen MR) is 83.8 cm³/mol. The van der Waals surface area contributed by atoms with Crippen molar-refractivity contribution in [3.8, 4) is 11.5 Å². The van der Waals surface area contributed by atoms with Gasteiger partial charge in [-0.15, -0.1) is 0 Å². The third-order valence-corrected chi connectivity index (χ3v) is 3.36. The molecule has 3 aromatic carbocycles. The zero-order chi connectivity index (χ0) is 13.9. The Bertz CT molecular complexity index is 681. The molecular formula is C18H18O2. The van der Waals surface area contributed by atoms with Crippen LogP contribution in [0.5, 0.6) is 11.5 Å². The Labute approximate surface area is 118 Å². The van der Waals surface area contributed by atoms with E-state index in [1.54, 1.807) is 0 Å². The second-order valence-electron chi connectivity index (χ2n) is 4.74. The molecule has 0 aliphatic rings. The van der Waals surface area contributed by atoms with Crippen molar-refractivity contribution in [2.45, 2.75) is 13.8 Å². The maximum absolute atomic E-state index is 5.56. The van der Waals surface area contributed by atoms with Crippen LogP contribution in [0.25, 0.3) is 21.5 Å². The molecule has 0 saturated carbocycles. The molecule has 0 radical (unpaired) electrons. The summed E-state index contributed by atoms with van der Waals surface area (Å²) in [4.78, 5) is 0. The van der Waals surface area contributed by atoms with Crippen LogP contribution in [0.2, 0.25) is 0 Å². The van der Waals surface area contributed by atoms with Gasteiger partial charge in [0.1, 0.15) is 11.5 Å². The lowest BCUT2D eigenvalue weighted by atomic mass is 10.0. The summed E-state index contributed by atoms with van der Waals surface area (Å²) in [5.41, 5.74) is 0. The first-order chi connectivity index (χ1) is 9.80. The fraction of sp³-hybridized carbons (Fsp3) is 0.222. The van der Waals surface area contributed by atoms with Gasteiger partial charge in [0.15, 0.2) is 0 Å². The number of rotatable bonds is 4. The highest BCUT2D eigenvalue weighted by atomic mass is 16.5. The summed E-state index contributed by atoms with van der Waals surface area (Å²) < 4.78 is 11.1. The molecule has 0 fully saturated rings. The van der Waals surface area contributed by atoms with E-state index in [2.05, 4.69) is 36.4 Å². The van der Waals surface area contributed by atoms with Crippen molar-refractivity contribution in [1.29, 1.82) is 0 Å². The molecule has 0 spiro atoms. The Morgan fingerprint density at radius 3 is 1.45 bits per heavy atom. The average Bonchev–Trinajstić information content (AvgIpc) is 2.46. The van der Waals surface area contributed by atoms with Crippen molar-refractivity contribution in [3.63, 3.8) is 0 Å². The number of hydrogen-bond donors (Lipinski definition) is 0. The van der Waals surface area contributed by atoms with Gasteiger partial charge in [-0.3, -0.25) is 0 Å². The fourth-order valence-electron chi connectivity index (χ4n) is 2.47. The SMILES string of the molecule is CCOc1ccc2cc3cc(OCC)ccc3cc2c1. The Hall–Kier alpha value is -2.22. The largest absolute Gasteiger partial charge is 0.494 e. The van der Waals surface area contributed by atoms with E-state index >= 15 is 0 Å². The summed E-state index contributed by atoms with van der Waals surface area (Å²) in [5.74, 6) is 1.84. The van der Waals surface area contributed by atoms with Gasteiger partial charge in [0.05, 0.1) is 13.2 Å². The van der Waals surface area contributed by atoms with Crippen molar-refractivity contribution in [3.05, 3.63) is 48.5 Å². The van der Waals surface area contributed by atoms with Crippen molar-refractivity contribution < 1.29 is 9.47 Å². The number of hydrogen-bond acceptors (Lipinski definition) is 2. The third-order valence-electron chi connectivity index (χ3n) is 3.36. The van der Waals surface area contributed by atoms with Gasteiger partial charge in [0.25, 0.3) is 0 Å². The highest BCUT2D eigenvalue weighted by Crippen LogP contribution is 2.28. The molecule has 102 valence electrons. The van der Waals surface area contributed by atoms with Gasteiger partial charge < -0.3 is 9.47 Å². The van der Waals surface area contributed by atoms with Crippen molar-refractivity contribution >= 4 is 21.5 Å². The quantitative estimate of drug-likeness (QED) is 0.632. The van der Waals surface area contributed by atoms with E-state index in [9.17, 15) is 0 Å². The van der Waals surface area contributed by atoms with Crippen LogP contribution >= 0.6 is 0 Å². The lowest BCUT2D eigenvalue weighted by Gasteiger charge is -2.08. The van der Waals surface area contributed by atoms with Gasteiger partial charge in [0.2, 0.25) is 0 Å². The van der Waals surface area contributed by atoms with E-state index < -0.39 is 0 Å². The third kappa shape index (κ3) is 2.42. The van der Waals surface area contributed by atoms with Crippen LogP contribution in [-0.4, -0.2) is 13.2 Å². The minimum absolute atomic E-state index is 0.691. The maximum Gasteiger partial charge on any atom is 0.119 e. The van der Waals surface area contributed by atoms with E-state index in [1.165, 1.54) is 21.5 Å². The van der Waals surface area contributed by atoms with Crippen molar-refractivity contribution in [1.82, 2.24) is 0 Å². The molecule has 3 aromatic rings. The van der Waals surface area contributed by atoms with Crippen LogP contribution in [0.15, 0.2) is 48.5 Å². The van der Waals surface area contributed by atoms with E-state index in [1.807, 2.05) is 26.0 Å². The molecule has 0 saturated heterocycles. The lowest BCUT2D eigenvalue weighted by molar-refractivity contribution is 0.340. The zero-order valence-electron chi connectivity index (χ0n) is 11.8. The van der Waals surface area contributed by atoms with Gasteiger partial charge >= 0.3 is 0 Å². The Balaban J connectivity index is 2.12. The molecule has 0 aromatic heterocycles. The van der Waals surface area contributed by atoms with Gasteiger partial charge in [-0.2, -0.15) is 0 Å². The second-order valence-corrected chi connectivity index (χ2v) is 4.74. The first-order valence-electron chi connectivity index (χ1n) is 7.03. The molecule has 0 amide bonds. The van der Waals surface area contributed by atoms with E-state index in [-0.39, 0.29) is 0 Å². The molecule has 3 rings (SSSR count). The Morgan fingerprint density at radius 2 is 1.05 bits per heavy atom. The maximum atomic E-state index is 5.56. The van der Waals surface area contributed by atoms with E-state index in [0.717, 1.165) is 11.5 Å². The van der Waals surface area contributed by atoms with Crippen LogP contribution in [0.3, 0.4) is 0 Å². The fourth-order valence-corrected chi connectivity index (χ4v) is 2.47. The molecule has 0 N–H and O–H groups in total. The molecule has 0 atom stereocenters. The minimum atomic E-state index is 0.691. The molecule has 20 heavy (non-hydrogen) atoms. The zero-order valence-corrected chi connectivity index (χ0v) is 11.8. The van der Waals surface area contributed by atoms with E-state index in [4.69, 9.17) is 9.47 Å². The number of benzene rings is 3.